The molecule has 1 fully saturated rings. The topological polar surface area (TPSA) is 84.5 Å². The normalized spacial score (nSPS) is 15.9. The first-order chi connectivity index (χ1) is 12.1. The van der Waals surface area contributed by atoms with E-state index in [2.05, 4.69) is 10.6 Å². The minimum absolute atomic E-state index is 0.0153. The molecule has 0 heterocycles. The van der Waals surface area contributed by atoms with Gasteiger partial charge in [0.05, 0.1) is 26.1 Å². The number of benzene rings is 1. The van der Waals surface area contributed by atoms with Gasteiger partial charge in [0.15, 0.2) is 0 Å². The van der Waals surface area contributed by atoms with Crippen LogP contribution in [-0.4, -0.2) is 31.4 Å². The molecule has 0 aliphatic heterocycles. The molecule has 6 nitrogen and oxygen atoms in total. The predicted molar refractivity (Wildman–Crippen MR) is 93.5 cm³/mol. The van der Waals surface area contributed by atoms with E-state index in [1.54, 1.807) is 0 Å². The minimum atomic E-state index is -0.479. The van der Waals surface area contributed by atoms with Gasteiger partial charge in [-0.15, -0.1) is 0 Å². The summed E-state index contributed by atoms with van der Waals surface area (Å²) in [5.41, 5.74) is 0.819. The van der Waals surface area contributed by atoms with Gasteiger partial charge in [0.1, 0.15) is 0 Å². The van der Waals surface area contributed by atoms with E-state index in [9.17, 15) is 14.4 Å². The first kappa shape index (κ1) is 19.0. The van der Waals surface area contributed by atoms with Crippen molar-refractivity contribution in [3.63, 3.8) is 0 Å². The molecule has 2 N–H and O–H groups in total. The molecule has 1 aromatic rings. The Balaban J connectivity index is 1.88. The van der Waals surface area contributed by atoms with Crippen molar-refractivity contribution in [2.24, 2.45) is 5.92 Å². The SMILES string of the molecule is COC(=O)C[C@H](NC(=O)CNC(=O)C1CCCCC1)c1ccccc1. The summed E-state index contributed by atoms with van der Waals surface area (Å²) in [5.74, 6) is -0.761. The van der Waals surface area contributed by atoms with Crippen LogP contribution < -0.4 is 10.6 Å². The highest BCUT2D eigenvalue weighted by Gasteiger charge is 2.22. The Bertz CT molecular complexity index is 582. The molecule has 1 saturated carbocycles. The maximum Gasteiger partial charge on any atom is 0.307 e. The van der Waals surface area contributed by atoms with Crippen molar-refractivity contribution in [1.82, 2.24) is 10.6 Å². The first-order valence-corrected chi connectivity index (χ1v) is 8.79. The summed E-state index contributed by atoms with van der Waals surface area (Å²) in [4.78, 5) is 35.9. The zero-order valence-electron chi connectivity index (χ0n) is 14.6. The van der Waals surface area contributed by atoms with Crippen molar-refractivity contribution >= 4 is 17.8 Å². The molecule has 2 rings (SSSR count). The van der Waals surface area contributed by atoms with Gasteiger partial charge in [-0.3, -0.25) is 14.4 Å². The number of amides is 2. The van der Waals surface area contributed by atoms with Gasteiger partial charge in [-0.05, 0) is 18.4 Å². The Morgan fingerprint density at radius 1 is 1.12 bits per heavy atom. The molecular formula is C19H26N2O4. The summed E-state index contributed by atoms with van der Waals surface area (Å²) in [5, 5.41) is 5.51. The molecule has 0 radical (unpaired) electrons. The van der Waals surface area contributed by atoms with Crippen LogP contribution in [0.3, 0.4) is 0 Å². The monoisotopic (exact) mass is 346 g/mol. The average Bonchev–Trinajstić information content (AvgIpc) is 2.66. The van der Waals surface area contributed by atoms with Crippen LogP contribution in [0.2, 0.25) is 0 Å². The largest absolute Gasteiger partial charge is 0.469 e. The van der Waals surface area contributed by atoms with E-state index in [4.69, 9.17) is 4.74 Å². The van der Waals surface area contributed by atoms with Crippen molar-refractivity contribution in [1.29, 1.82) is 0 Å². The lowest BCUT2D eigenvalue weighted by molar-refractivity contribution is -0.141. The van der Waals surface area contributed by atoms with Crippen LogP contribution in [0.25, 0.3) is 0 Å². The third-order valence-corrected chi connectivity index (χ3v) is 4.53. The summed E-state index contributed by atoms with van der Waals surface area (Å²) in [7, 11) is 1.32. The Labute approximate surface area is 148 Å². The van der Waals surface area contributed by atoms with E-state index in [-0.39, 0.29) is 30.7 Å². The zero-order valence-corrected chi connectivity index (χ0v) is 14.6. The average molecular weight is 346 g/mol. The van der Waals surface area contributed by atoms with Gasteiger partial charge in [0, 0.05) is 5.92 Å². The fraction of sp³-hybridized carbons (Fsp3) is 0.526. The van der Waals surface area contributed by atoms with Gasteiger partial charge < -0.3 is 15.4 Å². The van der Waals surface area contributed by atoms with Crippen LogP contribution in [0.5, 0.6) is 0 Å². The van der Waals surface area contributed by atoms with Crippen LogP contribution in [0.4, 0.5) is 0 Å². The van der Waals surface area contributed by atoms with Gasteiger partial charge in [-0.25, -0.2) is 0 Å². The third-order valence-electron chi connectivity index (χ3n) is 4.53. The number of rotatable bonds is 7. The third kappa shape index (κ3) is 6.21. The Hall–Kier alpha value is -2.37. The number of ether oxygens (including phenoxy) is 1. The summed E-state index contributed by atoms with van der Waals surface area (Å²) in [6.07, 6.45) is 5.14. The fourth-order valence-electron chi connectivity index (χ4n) is 3.11. The lowest BCUT2D eigenvalue weighted by Gasteiger charge is -2.21. The number of hydrogen-bond donors (Lipinski definition) is 2. The number of carbonyl (C=O) groups is 3. The van der Waals surface area contributed by atoms with Gasteiger partial charge in [0.25, 0.3) is 0 Å². The number of esters is 1. The number of hydrogen-bond acceptors (Lipinski definition) is 4. The minimum Gasteiger partial charge on any atom is -0.469 e. The van der Waals surface area contributed by atoms with Crippen molar-refractivity contribution in [2.45, 2.75) is 44.6 Å². The number of nitrogens with one attached hydrogen (secondary N) is 2. The molecule has 1 aliphatic rings. The highest BCUT2D eigenvalue weighted by Crippen LogP contribution is 2.23. The van der Waals surface area contributed by atoms with Crippen LogP contribution in [0.15, 0.2) is 30.3 Å². The molecule has 1 aromatic carbocycles. The lowest BCUT2D eigenvalue weighted by atomic mass is 9.89. The fourth-order valence-corrected chi connectivity index (χ4v) is 3.11. The van der Waals surface area contributed by atoms with Crippen LogP contribution >= 0.6 is 0 Å². The highest BCUT2D eigenvalue weighted by molar-refractivity contribution is 5.86. The Morgan fingerprint density at radius 3 is 2.44 bits per heavy atom. The molecule has 0 bridgehead atoms. The number of carbonyl (C=O) groups excluding carboxylic acids is 3. The van der Waals surface area contributed by atoms with E-state index in [1.807, 2.05) is 30.3 Å². The van der Waals surface area contributed by atoms with E-state index in [1.165, 1.54) is 13.5 Å². The van der Waals surface area contributed by atoms with E-state index >= 15 is 0 Å². The molecule has 1 atom stereocenters. The first-order valence-electron chi connectivity index (χ1n) is 8.79. The van der Waals surface area contributed by atoms with Gasteiger partial charge >= 0.3 is 5.97 Å². The summed E-state index contributed by atoms with van der Waals surface area (Å²) in [6, 6.07) is 8.76. The van der Waals surface area contributed by atoms with E-state index < -0.39 is 12.0 Å². The second kappa shape index (κ2) is 9.81. The Kier molecular flexibility index (Phi) is 7.44. The molecule has 25 heavy (non-hydrogen) atoms. The molecule has 0 spiro atoms. The van der Waals surface area contributed by atoms with Crippen LogP contribution in [0, 0.1) is 5.92 Å². The molecule has 0 unspecified atom stereocenters. The second-order valence-electron chi connectivity index (χ2n) is 6.36. The molecular weight excluding hydrogens is 320 g/mol. The molecule has 0 saturated heterocycles. The van der Waals surface area contributed by atoms with E-state index in [0.717, 1.165) is 31.2 Å². The quantitative estimate of drug-likeness (QED) is 0.741. The standard InChI is InChI=1S/C19H26N2O4/c1-25-18(23)12-16(14-8-4-2-5-9-14)21-17(22)13-20-19(24)15-10-6-3-7-11-15/h2,4-5,8-9,15-16H,3,6-7,10-13H2,1H3,(H,20,24)(H,21,22)/t16-/m0/s1. The van der Waals surface area contributed by atoms with Gasteiger partial charge in [0.2, 0.25) is 11.8 Å². The lowest BCUT2D eigenvalue weighted by Crippen LogP contribution is -2.41. The summed E-state index contributed by atoms with van der Waals surface area (Å²) >= 11 is 0. The van der Waals surface area contributed by atoms with E-state index in [0.29, 0.717) is 0 Å². The molecule has 2 amide bonds. The predicted octanol–water partition coefficient (Wildman–Crippen LogP) is 2.10. The summed E-state index contributed by atoms with van der Waals surface area (Å²) in [6.45, 7) is -0.0835. The van der Waals surface area contributed by atoms with Crippen molar-refractivity contribution in [3.8, 4) is 0 Å². The van der Waals surface area contributed by atoms with Crippen molar-refractivity contribution < 1.29 is 19.1 Å². The van der Waals surface area contributed by atoms with Gasteiger partial charge in [-0.1, -0.05) is 49.6 Å². The molecule has 1 aliphatic carbocycles. The van der Waals surface area contributed by atoms with Gasteiger partial charge in [-0.2, -0.15) is 0 Å². The maximum atomic E-state index is 12.2. The van der Waals surface area contributed by atoms with Crippen molar-refractivity contribution in [2.75, 3.05) is 13.7 Å². The molecule has 6 heteroatoms. The smallest absolute Gasteiger partial charge is 0.307 e. The number of methoxy groups -OCH3 is 1. The second-order valence-corrected chi connectivity index (χ2v) is 6.36. The summed E-state index contributed by atoms with van der Waals surface area (Å²) < 4.78 is 4.70. The maximum absolute atomic E-state index is 12.2. The van der Waals surface area contributed by atoms with Crippen molar-refractivity contribution in [3.05, 3.63) is 35.9 Å². The molecule has 0 aromatic heterocycles. The van der Waals surface area contributed by atoms with Crippen LogP contribution in [-0.2, 0) is 19.1 Å². The Morgan fingerprint density at radius 2 is 1.80 bits per heavy atom. The van der Waals surface area contributed by atoms with Crippen LogP contribution in [0.1, 0.15) is 50.1 Å². The highest BCUT2D eigenvalue weighted by atomic mass is 16.5. The molecule has 136 valence electrons. The zero-order chi connectivity index (χ0) is 18.1.